The number of carbonyl (C=O) groups is 1. The lowest BCUT2D eigenvalue weighted by Crippen LogP contribution is -2.50. The molecule has 2 aromatic rings. The minimum atomic E-state index is 0.00718. The maximum atomic E-state index is 12.4. The highest BCUT2D eigenvalue weighted by Gasteiger charge is 2.23. The van der Waals surface area contributed by atoms with Crippen molar-refractivity contribution in [2.45, 2.75) is 6.92 Å². The molecule has 0 N–H and O–H groups in total. The second-order valence-corrected chi connectivity index (χ2v) is 6.65. The summed E-state index contributed by atoms with van der Waals surface area (Å²) in [5.41, 5.74) is 2.03. The third-order valence-corrected chi connectivity index (χ3v) is 4.95. The number of methoxy groups -OCH3 is 1. The molecule has 1 amide bonds. The van der Waals surface area contributed by atoms with E-state index in [0.29, 0.717) is 23.9 Å². The molecule has 0 radical (unpaired) electrons. The molecule has 0 atom stereocenters. The van der Waals surface area contributed by atoms with Crippen molar-refractivity contribution in [1.82, 2.24) is 4.90 Å². The van der Waals surface area contributed by atoms with E-state index in [0.717, 1.165) is 30.1 Å². The maximum absolute atomic E-state index is 12.4. The first-order valence-electron chi connectivity index (χ1n) is 8.63. The number of hydrogen-bond donors (Lipinski definition) is 0. The fourth-order valence-electron chi connectivity index (χ4n) is 3.01. The Labute approximate surface area is 159 Å². The van der Waals surface area contributed by atoms with Gasteiger partial charge in [-0.3, -0.25) is 4.79 Å². The minimum Gasteiger partial charge on any atom is -0.495 e. The van der Waals surface area contributed by atoms with Gasteiger partial charge in [-0.15, -0.1) is 0 Å². The average Bonchev–Trinajstić information content (AvgIpc) is 2.68. The van der Waals surface area contributed by atoms with Gasteiger partial charge in [-0.1, -0.05) is 29.8 Å². The van der Waals surface area contributed by atoms with E-state index in [1.54, 1.807) is 7.11 Å². The largest absolute Gasteiger partial charge is 0.495 e. The molecule has 0 bridgehead atoms. The topological polar surface area (TPSA) is 42.0 Å². The minimum absolute atomic E-state index is 0.00718. The van der Waals surface area contributed by atoms with E-state index in [-0.39, 0.29) is 12.5 Å². The van der Waals surface area contributed by atoms with Crippen molar-refractivity contribution in [3.8, 4) is 11.5 Å². The summed E-state index contributed by atoms with van der Waals surface area (Å²) in [6, 6.07) is 13.3. The zero-order chi connectivity index (χ0) is 18.5. The molecule has 0 aliphatic carbocycles. The summed E-state index contributed by atoms with van der Waals surface area (Å²) in [6.07, 6.45) is 0. The smallest absolute Gasteiger partial charge is 0.260 e. The normalized spacial score (nSPS) is 14.3. The van der Waals surface area contributed by atoms with Gasteiger partial charge in [-0.2, -0.15) is 0 Å². The second kappa shape index (κ2) is 8.32. The van der Waals surface area contributed by atoms with E-state index in [2.05, 4.69) is 4.90 Å². The lowest BCUT2D eigenvalue weighted by atomic mass is 10.1. The van der Waals surface area contributed by atoms with Crippen LogP contribution < -0.4 is 14.4 Å². The van der Waals surface area contributed by atoms with Crippen LogP contribution in [0.4, 0.5) is 5.69 Å². The molecule has 3 rings (SSSR count). The van der Waals surface area contributed by atoms with Gasteiger partial charge in [0.15, 0.2) is 6.61 Å². The number of aryl methyl sites for hydroxylation is 1. The molecular weight excluding hydrogens is 352 g/mol. The van der Waals surface area contributed by atoms with Crippen molar-refractivity contribution >= 4 is 23.2 Å². The molecule has 138 valence electrons. The van der Waals surface area contributed by atoms with Gasteiger partial charge in [-0.05, 0) is 30.7 Å². The summed E-state index contributed by atoms with van der Waals surface area (Å²) in [5.74, 6) is 1.47. The highest BCUT2D eigenvalue weighted by atomic mass is 35.5. The summed E-state index contributed by atoms with van der Waals surface area (Å²) >= 11 is 6.19. The molecule has 0 spiro atoms. The van der Waals surface area contributed by atoms with Crippen molar-refractivity contribution in [3.05, 3.63) is 53.1 Å². The number of anilines is 1. The molecule has 1 aliphatic heterocycles. The van der Waals surface area contributed by atoms with E-state index >= 15 is 0 Å². The van der Waals surface area contributed by atoms with Crippen LogP contribution in [-0.4, -0.2) is 50.7 Å². The highest BCUT2D eigenvalue weighted by Crippen LogP contribution is 2.34. The van der Waals surface area contributed by atoms with Crippen molar-refractivity contribution < 1.29 is 14.3 Å². The fraction of sp³-hybridized carbons (Fsp3) is 0.350. The Morgan fingerprint density at radius 2 is 1.81 bits per heavy atom. The van der Waals surface area contributed by atoms with Gasteiger partial charge in [-0.25, -0.2) is 0 Å². The SMILES string of the molecule is COc1cc(Cl)c(C)cc1N1CCN(C(=O)COc2ccccc2)CC1. The third-order valence-electron chi connectivity index (χ3n) is 4.54. The zero-order valence-corrected chi connectivity index (χ0v) is 15.8. The Balaban J connectivity index is 1.57. The Morgan fingerprint density at radius 3 is 2.46 bits per heavy atom. The number of benzene rings is 2. The molecule has 0 saturated carbocycles. The number of para-hydroxylation sites is 1. The standard InChI is InChI=1S/C20H23ClN2O3/c1-15-12-18(19(25-2)13-17(15)21)22-8-10-23(11-9-22)20(24)14-26-16-6-4-3-5-7-16/h3-7,12-13H,8-11,14H2,1-2H3. The van der Waals surface area contributed by atoms with Gasteiger partial charge in [0.25, 0.3) is 5.91 Å². The maximum Gasteiger partial charge on any atom is 0.260 e. The molecule has 5 nitrogen and oxygen atoms in total. The second-order valence-electron chi connectivity index (χ2n) is 6.24. The lowest BCUT2D eigenvalue weighted by molar-refractivity contribution is -0.133. The Hall–Kier alpha value is -2.40. The van der Waals surface area contributed by atoms with Crippen LogP contribution in [0.25, 0.3) is 0 Å². The monoisotopic (exact) mass is 374 g/mol. The summed E-state index contributed by atoms with van der Waals surface area (Å²) in [7, 11) is 1.64. The number of piperazine rings is 1. The van der Waals surface area contributed by atoms with Gasteiger partial charge in [0.2, 0.25) is 0 Å². The number of ether oxygens (including phenoxy) is 2. The Bertz CT molecular complexity index is 759. The number of carbonyl (C=O) groups excluding carboxylic acids is 1. The lowest BCUT2D eigenvalue weighted by Gasteiger charge is -2.36. The van der Waals surface area contributed by atoms with Gasteiger partial charge >= 0.3 is 0 Å². The summed E-state index contributed by atoms with van der Waals surface area (Å²) in [4.78, 5) is 16.4. The van der Waals surface area contributed by atoms with Crippen LogP contribution in [0.5, 0.6) is 11.5 Å². The molecule has 0 unspecified atom stereocenters. The fourth-order valence-corrected chi connectivity index (χ4v) is 3.16. The van der Waals surface area contributed by atoms with E-state index in [4.69, 9.17) is 21.1 Å². The summed E-state index contributed by atoms with van der Waals surface area (Å²) in [5, 5.41) is 0.692. The first-order valence-corrected chi connectivity index (χ1v) is 9.01. The van der Waals surface area contributed by atoms with Crippen LogP contribution in [0.15, 0.2) is 42.5 Å². The molecule has 1 aliphatic rings. The van der Waals surface area contributed by atoms with E-state index in [1.165, 1.54) is 0 Å². The van der Waals surface area contributed by atoms with Crippen molar-refractivity contribution in [2.75, 3.05) is 44.8 Å². The first-order chi connectivity index (χ1) is 12.6. The number of hydrogen-bond acceptors (Lipinski definition) is 4. The first kappa shape index (κ1) is 18.4. The van der Waals surface area contributed by atoms with Crippen LogP contribution in [0.3, 0.4) is 0 Å². The van der Waals surface area contributed by atoms with Crippen LogP contribution in [-0.2, 0) is 4.79 Å². The third kappa shape index (κ3) is 4.22. The van der Waals surface area contributed by atoms with Crippen LogP contribution in [0, 0.1) is 6.92 Å². The molecule has 1 fully saturated rings. The van der Waals surface area contributed by atoms with Crippen LogP contribution in [0.2, 0.25) is 5.02 Å². The van der Waals surface area contributed by atoms with Crippen molar-refractivity contribution in [3.63, 3.8) is 0 Å². The number of nitrogens with zero attached hydrogens (tertiary/aromatic N) is 2. The summed E-state index contributed by atoms with van der Waals surface area (Å²) < 4.78 is 11.0. The molecule has 0 aromatic heterocycles. The van der Waals surface area contributed by atoms with Gasteiger partial charge < -0.3 is 19.3 Å². The molecule has 26 heavy (non-hydrogen) atoms. The number of amides is 1. The van der Waals surface area contributed by atoms with Crippen LogP contribution >= 0.6 is 11.6 Å². The van der Waals surface area contributed by atoms with E-state index < -0.39 is 0 Å². The molecular formula is C20H23ClN2O3. The Morgan fingerprint density at radius 1 is 1.12 bits per heavy atom. The zero-order valence-electron chi connectivity index (χ0n) is 15.1. The molecule has 1 saturated heterocycles. The van der Waals surface area contributed by atoms with Gasteiger partial charge in [0.05, 0.1) is 12.8 Å². The van der Waals surface area contributed by atoms with Crippen molar-refractivity contribution in [2.24, 2.45) is 0 Å². The van der Waals surface area contributed by atoms with Gasteiger partial charge in [0.1, 0.15) is 11.5 Å². The highest BCUT2D eigenvalue weighted by molar-refractivity contribution is 6.31. The molecule has 6 heteroatoms. The van der Waals surface area contributed by atoms with E-state index in [9.17, 15) is 4.79 Å². The van der Waals surface area contributed by atoms with Crippen molar-refractivity contribution in [1.29, 1.82) is 0 Å². The quantitative estimate of drug-likeness (QED) is 0.804. The average molecular weight is 375 g/mol. The van der Waals surface area contributed by atoms with Crippen LogP contribution in [0.1, 0.15) is 5.56 Å². The summed E-state index contributed by atoms with van der Waals surface area (Å²) in [6.45, 7) is 4.84. The van der Waals surface area contributed by atoms with E-state index in [1.807, 2.05) is 54.3 Å². The molecule has 1 heterocycles. The predicted molar refractivity (Wildman–Crippen MR) is 103 cm³/mol. The Kier molecular flexibility index (Phi) is 5.89. The predicted octanol–water partition coefficient (Wildman–Crippen LogP) is 3.38. The number of halogens is 1. The van der Waals surface area contributed by atoms with Gasteiger partial charge in [0, 0.05) is 37.3 Å². The molecule has 2 aromatic carbocycles. The number of rotatable bonds is 5.